The fourth-order valence-electron chi connectivity index (χ4n) is 1.13. The quantitative estimate of drug-likeness (QED) is 0.506. The zero-order valence-electron chi connectivity index (χ0n) is 6.36. The van der Waals surface area contributed by atoms with Gasteiger partial charge in [0.1, 0.15) is 7.05 Å². The number of rotatable bonds is 0. The van der Waals surface area contributed by atoms with E-state index in [1.54, 1.807) is 0 Å². The van der Waals surface area contributed by atoms with Gasteiger partial charge in [0.05, 0.1) is 0 Å². The van der Waals surface area contributed by atoms with Gasteiger partial charge in [-0.15, -0.1) is 0 Å². The monoisotopic (exact) mass is 145 g/mol. The minimum atomic E-state index is 1.19. The molecule has 2 aromatic rings. The van der Waals surface area contributed by atoms with Gasteiger partial charge in [-0.05, 0) is 6.07 Å². The molecule has 11 heavy (non-hydrogen) atoms. The van der Waals surface area contributed by atoms with E-state index in [1.807, 2.05) is 36.3 Å². The Labute approximate surface area is 65.1 Å². The van der Waals surface area contributed by atoms with Gasteiger partial charge >= 0.3 is 0 Å². The molecule has 54 valence electrons. The molecular weight excluding hydrogens is 136 g/mol. The standard InChI is InChI=1S/C9H9N2/c1-11-5-3-8-6-10-4-2-9(8)7-11/h2-7H,1H3/q+1. The lowest BCUT2D eigenvalue weighted by molar-refractivity contribution is -0.670. The van der Waals surface area contributed by atoms with E-state index in [0.29, 0.717) is 0 Å². The predicted octanol–water partition coefficient (Wildman–Crippen LogP) is 1.06. The normalized spacial score (nSPS) is 10.3. The van der Waals surface area contributed by atoms with Gasteiger partial charge in [-0.25, -0.2) is 4.57 Å². The fraction of sp³-hybridized carbons (Fsp3) is 0.111. The van der Waals surface area contributed by atoms with Crippen LogP contribution in [-0.2, 0) is 7.05 Å². The summed E-state index contributed by atoms with van der Waals surface area (Å²) >= 11 is 0. The third-order valence-electron chi connectivity index (χ3n) is 1.72. The number of hydrogen-bond acceptors (Lipinski definition) is 1. The second-order valence-corrected chi connectivity index (χ2v) is 2.61. The summed E-state index contributed by atoms with van der Waals surface area (Å²) in [6.07, 6.45) is 7.78. The van der Waals surface area contributed by atoms with Gasteiger partial charge in [-0.1, -0.05) is 0 Å². The Morgan fingerprint density at radius 3 is 3.09 bits per heavy atom. The molecule has 0 aliphatic heterocycles. The van der Waals surface area contributed by atoms with Crippen LogP contribution in [0, 0.1) is 0 Å². The van der Waals surface area contributed by atoms with E-state index in [9.17, 15) is 0 Å². The first-order valence-corrected chi connectivity index (χ1v) is 3.55. The predicted molar refractivity (Wildman–Crippen MR) is 42.9 cm³/mol. The van der Waals surface area contributed by atoms with Gasteiger partial charge in [0.25, 0.3) is 0 Å². The molecule has 0 spiro atoms. The van der Waals surface area contributed by atoms with Gasteiger partial charge in [0, 0.05) is 29.2 Å². The van der Waals surface area contributed by atoms with E-state index in [1.165, 1.54) is 10.8 Å². The molecule has 2 nitrogen and oxygen atoms in total. The minimum absolute atomic E-state index is 1.19. The van der Waals surface area contributed by atoms with Gasteiger partial charge in [0.2, 0.25) is 0 Å². The molecule has 0 bridgehead atoms. The van der Waals surface area contributed by atoms with Crippen molar-refractivity contribution in [3.8, 4) is 0 Å². The van der Waals surface area contributed by atoms with Crippen LogP contribution in [0.15, 0.2) is 36.9 Å². The molecule has 0 amide bonds. The molecule has 2 rings (SSSR count). The summed E-state index contributed by atoms with van der Waals surface area (Å²) in [5.41, 5.74) is 0. The van der Waals surface area contributed by atoms with Crippen LogP contribution in [0.4, 0.5) is 0 Å². The Kier molecular flexibility index (Phi) is 1.32. The van der Waals surface area contributed by atoms with E-state index in [4.69, 9.17) is 0 Å². The van der Waals surface area contributed by atoms with Gasteiger partial charge in [0.15, 0.2) is 12.4 Å². The second kappa shape index (κ2) is 2.31. The van der Waals surface area contributed by atoms with Crippen molar-refractivity contribution in [1.82, 2.24) is 4.98 Å². The third-order valence-corrected chi connectivity index (χ3v) is 1.72. The first-order chi connectivity index (χ1) is 5.36. The van der Waals surface area contributed by atoms with Crippen molar-refractivity contribution in [1.29, 1.82) is 0 Å². The van der Waals surface area contributed by atoms with Gasteiger partial charge in [-0.3, -0.25) is 4.98 Å². The van der Waals surface area contributed by atoms with Crippen LogP contribution in [0.5, 0.6) is 0 Å². The number of fused-ring (bicyclic) bond motifs is 1. The molecule has 0 N–H and O–H groups in total. The van der Waals surface area contributed by atoms with Crippen LogP contribution < -0.4 is 4.57 Å². The summed E-state index contributed by atoms with van der Waals surface area (Å²) in [7, 11) is 2.01. The van der Waals surface area contributed by atoms with Gasteiger partial charge < -0.3 is 0 Å². The van der Waals surface area contributed by atoms with Crippen molar-refractivity contribution < 1.29 is 4.57 Å². The molecular formula is C9H9N2+. The molecule has 0 radical (unpaired) electrons. The fourth-order valence-corrected chi connectivity index (χ4v) is 1.13. The first kappa shape index (κ1) is 6.28. The molecule has 0 unspecified atom stereocenters. The lowest BCUT2D eigenvalue weighted by atomic mass is 10.2. The summed E-state index contributed by atoms with van der Waals surface area (Å²) in [5, 5.41) is 2.41. The van der Waals surface area contributed by atoms with E-state index in [-0.39, 0.29) is 0 Å². The van der Waals surface area contributed by atoms with Crippen LogP contribution in [0.1, 0.15) is 0 Å². The molecule has 0 aliphatic carbocycles. The topological polar surface area (TPSA) is 16.8 Å². The lowest BCUT2D eigenvalue weighted by Gasteiger charge is -1.91. The Balaban J connectivity index is 2.83. The molecule has 0 aromatic carbocycles. The van der Waals surface area contributed by atoms with Crippen LogP contribution in [0.25, 0.3) is 10.8 Å². The Bertz CT molecular complexity index is 382. The lowest BCUT2D eigenvalue weighted by Crippen LogP contribution is -2.25. The minimum Gasteiger partial charge on any atom is -0.264 e. The number of pyridine rings is 2. The summed E-state index contributed by atoms with van der Waals surface area (Å²) < 4.78 is 2.03. The van der Waals surface area contributed by atoms with Crippen molar-refractivity contribution in [3.63, 3.8) is 0 Å². The largest absolute Gasteiger partial charge is 0.264 e. The highest BCUT2D eigenvalue weighted by Gasteiger charge is 1.95. The Morgan fingerprint density at radius 2 is 2.18 bits per heavy atom. The van der Waals surface area contributed by atoms with Crippen LogP contribution >= 0.6 is 0 Å². The van der Waals surface area contributed by atoms with E-state index < -0.39 is 0 Å². The SMILES string of the molecule is C[n+]1ccc2cnccc2c1. The zero-order chi connectivity index (χ0) is 7.68. The number of hydrogen-bond donors (Lipinski definition) is 0. The summed E-state index contributed by atoms with van der Waals surface area (Å²) in [4.78, 5) is 4.03. The highest BCUT2D eigenvalue weighted by molar-refractivity contribution is 5.79. The molecule has 2 heteroatoms. The molecule has 0 fully saturated rings. The first-order valence-electron chi connectivity index (χ1n) is 3.55. The van der Waals surface area contributed by atoms with Crippen molar-refractivity contribution >= 4 is 10.8 Å². The van der Waals surface area contributed by atoms with E-state index in [2.05, 4.69) is 17.2 Å². The highest BCUT2D eigenvalue weighted by Crippen LogP contribution is 2.06. The molecule has 2 aromatic heterocycles. The summed E-state index contributed by atoms with van der Waals surface area (Å²) in [6, 6.07) is 4.07. The molecule has 0 aliphatic rings. The van der Waals surface area contributed by atoms with Crippen LogP contribution in [-0.4, -0.2) is 4.98 Å². The molecule has 0 atom stereocenters. The number of nitrogens with zero attached hydrogens (tertiary/aromatic N) is 2. The average Bonchev–Trinajstić information content (AvgIpc) is 2.04. The zero-order valence-corrected chi connectivity index (χ0v) is 6.36. The second-order valence-electron chi connectivity index (χ2n) is 2.61. The van der Waals surface area contributed by atoms with Gasteiger partial charge in [-0.2, -0.15) is 0 Å². The Morgan fingerprint density at radius 1 is 1.27 bits per heavy atom. The maximum atomic E-state index is 4.03. The van der Waals surface area contributed by atoms with E-state index >= 15 is 0 Å². The molecule has 0 saturated heterocycles. The number of aryl methyl sites for hydroxylation is 1. The Hall–Kier alpha value is -1.44. The molecule has 2 heterocycles. The van der Waals surface area contributed by atoms with Crippen molar-refractivity contribution in [3.05, 3.63) is 36.9 Å². The average molecular weight is 145 g/mol. The molecule has 0 saturated carbocycles. The maximum Gasteiger partial charge on any atom is 0.176 e. The van der Waals surface area contributed by atoms with E-state index in [0.717, 1.165) is 0 Å². The van der Waals surface area contributed by atoms with Crippen molar-refractivity contribution in [2.75, 3.05) is 0 Å². The highest BCUT2D eigenvalue weighted by atomic mass is 14.9. The van der Waals surface area contributed by atoms with Crippen LogP contribution in [0.2, 0.25) is 0 Å². The van der Waals surface area contributed by atoms with Crippen LogP contribution in [0.3, 0.4) is 0 Å². The summed E-state index contributed by atoms with van der Waals surface area (Å²) in [5.74, 6) is 0. The summed E-state index contributed by atoms with van der Waals surface area (Å²) in [6.45, 7) is 0. The third kappa shape index (κ3) is 1.07. The van der Waals surface area contributed by atoms with Crippen molar-refractivity contribution in [2.45, 2.75) is 0 Å². The van der Waals surface area contributed by atoms with Crippen molar-refractivity contribution in [2.24, 2.45) is 7.05 Å². The number of aromatic nitrogens is 2. The smallest absolute Gasteiger partial charge is 0.176 e. The maximum absolute atomic E-state index is 4.03.